The minimum absolute atomic E-state index is 0.0400. The molecule has 24 heavy (non-hydrogen) atoms. The van der Waals surface area contributed by atoms with Gasteiger partial charge in [-0.15, -0.1) is 0 Å². The average Bonchev–Trinajstić information content (AvgIpc) is 2.54. The van der Waals surface area contributed by atoms with Gasteiger partial charge in [-0.3, -0.25) is 25.2 Å². The van der Waals surface area contributed by atoms with E-state index in [9.17, 15) is 20.2 Å². The van der Waals surface area contributed by atoms with Gasteiger partial charge in [0.2, 0.25) is 0 Å². The van der Waals surface area contributed by atoms with Gasteiger partial charge in [0.25, 0.3) is 11.4 Å². The van der Waals surface area contributed by atoms with Gasteiger partial charge in [0, 0.05) is 29.8 Å². The highest BCUT2D eigenvalue weighted by atomic mass is 16.6. The molecule has 0 heterocycles. The van der Waals surface area contributed by atoms with Gasteiger partial charge < -0.3 is 0 Å². The first-order chi connectivity index (χ1) is 11.1. The summed E-state index contributed by atoms with van der Waals surface area (Å²) >= 11 is 0. The van der Waals surface area contributed by atoms with Crippen molar-refractivity contribution in [2.75, 3.05) is 0 Å². The molecule has 0 radical (unpaired) electrons. The fourth-order valence-corrected chi connectivity index (χ4v) is 2.34. The third-order valence-electron chi connectivity index (χ3n) is 4.06. The van der Waals surface area contributed by atoms with Gasteiger partial charge in [-0.1, -0.05) is 13.0 Å². The van der Waals surface area contributed by atoms with E-state index in [1.807, 2.05) is 20.8 Å². The third kappa shape index (κ3) is 3.92. The molecule has 7 nitrogen and oxygen atoms in total. The van der Waals surface area contributed by atoms with Crippen molar-refractivity contribution in [1.29, 1.82) is 0 Å². The Balaban J connectivity index is 2.16. The Hall–Kier alpha value is -2.83. The molecule has 1 aromatic carbocycles. The maximum atomic E-state index is 10.7. The standard InChI is InChI=1S/C17H19N3O4/c1-16(2,13-4-6-14(7-5-13)19(21)22)18-12-17(3)10-8-15(9-11-17)20(23)24/h4-10,12H,11H2,1-3H3. The largest absolute Gasteiger partial charge is 0.286 e. The Morgan fingerprint density at radius 1 is 1.17 bits per heavy atom. The van der Waals surface area contributed by atoms with E-state index in [-0.39, 0.29) is 11.4 Å². The number of non-ortho nitro benzene ring substituents is 1. The number of benzene rings is 1. The van der Waals surface area contributed by atoms with Crippen LogP contribution in [0.15, 0.2) is 53.2 Å². The van der Waals surface area contributed by atoms with Crippen molar-refractivity contribution in [1.82, 2.24) is 0 Å². The van der Waals surface area contributed by atoms with Crippen molar-refractivity contribution in [2.45, 2.75) is 32.7 Å². The number of nitro groups is 2. The summed E-state index contributed by atoms with van der Waals surface area (Å²) in [6.07, 6.45) is 7.15. The van der Waals surface area contributed by atoms with Gasteiger partial charge in [0.05, 0.1) is 15.4 Å². The maximum absolute atomic E-state index is 10.7. The summed E-state index contributed by atoms with van der Waals surface area (Å²) in [5.41, 5.74) is 0.0410. The van der Waals surface area contributed by atoms with Crippen molar-refractivity contribution < 1.29 is 9.85 Å². The van der Waals surface area contributed by atoms with Crippen LogP contribution >= 0.6 is 0 Å². The summed E-state index contributed by atoms with van der Waals surface area (Å²) in [4.78, 5) is 25.2. The highest BCUT2D eigenvalue weighted by Gasteiger charge is 2.26. The number of allylic oxidation sites excluding steroid dienone is 3. The summed E-state index contributed by atoms with van der Waals surface area (Å²) in [7, 11) is 0. The Labute approximate surface area is 139 Å². The molecule has 0 fully saturated rings. The Kier molecular flexibility index (Phi) is 4.64. The van der Waals surface area contributed by atoms with Crippen LogP contribution in [0.2, 0.25) is 0 Å². The van der Waals surface area contributed by atoms with Gasteiger partial charge in [-0.2, -0.15) is 0 Å². The van der Waals surface area contributed by atoms with E-state index in [2.05, 4.69) is 4.99 Å². The number of aliphatic imine (C=N–C) groups is 1. The summed E-state index contributed by atoms with van der Waals surface area (Å²) in [6, 6.07) is 6.31. The molecule has 0 aliphatic heterocycles. The molecule has 0 saturated heterocycles. The molecule has 1 atom stereocenters. The van der Waals surface area contributed by atoms with Gasteiger partial charge in [0.15, 0.2) is 0 Å². The van der Waals surface area contributed by atoms with Gasteiger partial charge in [0.1, 0.15) is 0 Å². The molecule has 0 amide bonds. The van der Waals surface area contributed by atoms with Crippen LogP contribution in [0.3, 0.4) is 0 Å². The lowest BCUT2D eigenvalue weighted by Crippen LogP contribution is -2.22. The first-order valence-corrected chi connectivity index (χ1v) is 7.48. The predicted molar refractivity (Wildman–Crippen MR) is 91.6 cm³/mol. The number of nitrogens with zero attached hydrogens (tertiary/aromatic N) is 3. The van der Waals surface area contributed by atoms with Crippen molar-refractivity contribution in [2.24, 2.45) is 10.4 Å². The second-order valence-electron chi connectivity index (χ2n) is 6.55. The molecular formula is C17H19N3O4. The fourth-order valence-electron chi connectivity index (χ4n) is 2.34. The molecule has 2 rings (SSSR count). The van der Waals surface area contributed by atoms with E-state index in [4.69, 9.17) is 0 Å². The highest BCUT2D eigenvalue weighted by Crippen LogP contribution is 2.31. The van der Waals surface area contributed by atoms with E-state index >= 15 is 0 Å². The Morgan fingerprint density at radius 2 is 1.79 bits per heavy atom. The summed E-state index contributed by atoms with van der Waals surface area (Å²) < 4.78 is 0. The molecule has 126 valence electrons. The third-order valence-corrected chi connectivity index (χ3v) is 4.06. The molecular weight excluding hydrogens is 310 g/mol. The smallest absolute Gasteiger partial charge is 0.269 e. The van der Waals surface area contributed by atoms with E-state index in [1.54, 1.807) is 30.5 Å². The van der Waals surface area contributed by atoms with Crippen molar-refractivity contribution >= 4 is 11.9 Å². The zero-order valence-corrected chi connectivity index (χ0v) is 13.8. The molecule has 1 aromatic rings. The molecule has 0 saturated carbocycles. The lowest BCUT2D eigenvalue weighted by molar-refractivity contribution is -0.419. The molecule has 0 bridgehead atoms. The van der Waals surface area contributed by atoms with Crippen LogP contribution in [-0.2, 0) is 5.54 Å². The second-order valence-corrected chi connectivity index (χ2v) is 6.55. The monoisotopic (exact) mass is 329 g/mol. The SMILES string of the molecule is CC1(C=NC(C)(C)c2ccc([N+](=O)[O-])cc2)C=CC([N+](=O)[O-])=CC1. The zero-order chi connectivity index (χ0) is 18.0. The Bertz CT molecular complexity index is 748. The second kappa shape index (κ2) is 6.35. The van der Waals surface area contributed by atoms with Crippen LogP contribution in [0, 0.1) is 25.6 Å². The summed E-state index contributed by atoms with van der Waals surface area (Å²) in [6.45, 7) is 5.78. The quantitative estimate of drug-likeness (QED) is 0.462. The summed E-state index contributed by atoms with van der Waals surface area (Å²) in [5.74, 6) is 0. The Morgan fingerprint density at radius 3 is 2.25 bits per heavy atom. The molecule has 7 heteroatoms. The molecule has 0 N–H and O–H groups in total. The van der Waals surface area contributed by atoms with E-state index in [0.717, 1.165) is 5.56 Å². The van der Waals surface area contributed by atoms with Crippen molar-refractivity contribution in [3.63, 3.8) is 0 Å². The summed E-state index contributed by atoms with van der Waals surface area (Å²) in [5, 5.41) is 21.5. The van der Waals surface area contributed by atoms with E-state index < -0.39 is 20.8 Å². The number of rotatable bonds is 5. The average molecular weight is 329 g/mol. The molecule has 0 aromatic heterocycles. The molecule has 1 aliphatic carbocycles. The molecule has 1 aliphatic rings. The minimum Gasteiger partial charge on any atom is -0.286 e. The first-order valence-electron chi connectivity index (χ1n) is 7.48. The van der Waals surface area contributed by atoms with Crippen molar-refractivity contribution in [3.05, 3.63) is 74.0 Å². The van der Waals surface area contributed by atoms with Crippen LogP contribution in [-0.4, -0.2) is 16.1 Å². The minimum atomic E-state index is -0.556. The maximum Gasteiger partial charge on any atom is 0.269 e. The van der Waals surface area contributed by atoms with Crippen LogP contribution in [0.5, 0.6) is 0 Å². The van der Waals surface area contributed by atoms with Crippen LogP contribution in [0.1, 0.15) is 32.8 Å². The highest BCUT2D eigenvalue weighted by molar-refractivity contribution is 5.70. The van der Waals surface area contributed by atoms with E-state index in [1.165, 1.54) is 18.2 Å². The lowest BCUT2D eigenvalue weighted by Gasteiger charge is -2.25. The molecule has 0 spiro atoms. The normalized spacial score (nSPS) is 20.9. The van der Waals surface area contributed by atoms with Gasteiger partial charge in [-0.05, 0) is 44.0 Å². The van der Waals surface area contributed by atoms with Crippen molar-refractivity contribution in [3.8, 4) is 0 Å². The number of hydrogen-bond donors (Lipinski definition) is 0. The number of nitro benzene ring substituents is 1. The fraction of sp³-hybridized carbons (Fsp3) is 0.353. The molecule has 1 unspecified atom stereocenters. The predicted octanol–water partition coefficient (Wildman–Crippen LogP) is 4.03. The lowest BCUT2D eigenvalue weighted by atomic mass is 9.84. The van der Waals surface area contributed by atoms with Gasteiger partial charge in [-0.25, -0.2) is 0 Å². The first kappa shape index (κ1) is 17.5. The van der Waals surface area contributed by atoms with Crippen LogP contribution < -0.4 is 0 Å². The zero-order valence-electron chi connectivity index (χ0n) is 13.8. The number of hydrogen-bond acceptors (Lipinski definition) is 5. The topological polar surface area (TPSA) is 98.6 Å². The van der Waals surface area contributed by atoms with Crippen LogP contribution in [0.25, 0.3) is 0 Å². The van der Waals surface area contributed by atoms with Crippen LogP contribution in [0.4, 0.5) is 5.69 Å². The van der Waals surface area contributed by atoms with Gasteiger partial charge >= 0.3 is 0 Å². The van der Waals surface area contributed by atoms with E-state index in [0.29, 0.717) is 6.42 Å².